The SMILES string of the molecule is C=O.CN.OCCc1ccc(-c2ccc3c(c2)COC2(CCN(C4CCC4)CC2)O3)cc1. The molecule has 0 unspecified atom stereocenters. The van der Waals surface area contributed by atoms with Crippen LogP contribution < -0.4 is 10.5 Å². The lowest BCUT2D eigenvalue weighted by molar-refractivity contribution is -0.231. The summed E-state index contributed by atoms with van der Waals surface area (Å²) >= 11 is 0. The summed E-state index contributed by atoms with van der Waals surface area (Å²) in [6.07, 6.45) is 6.72. The molecule has 1 aliphatic carbocycles. The summed E-state index contributed by atoms with van der Waals surface area (Å²) in [4.78, 5) is 10.6. The molecule has 0 amide bonds. The average Bonchev–Trinajstić information content (AvgIpc) is 2.83. The molecule has 2 aliphatic heterocycles. The Hall–Kier alpha value is -2.25. The van der Waals surface area contributed by atoms with Gasteiger partial charge in [0.05, 0.1) is 6.61 Å². The highest BCUT2D eigenvalue weighted by atomic mass is 16.7. The van der Waals surface area contributed by atoms with Gasteiger partial charge in [-0.3, -0.25) is 4.90 Å². The Morgan fingerprint density at radius 3 is 2.31 bits per heavy atom. The van der Waals surface area contributed by atoms with Crippen molar-refractivity contribution >= 4 is 6.79 Å². The van der Waals surface area contributed by atoms with Crippen molar-refractivity contribution in [2.45, 2.75) is 57.0 Å². The van der Waals surface area contributed by atoms with E-state index in [4.69, 9.17) is 19.4 Å². The van der Waals surface area contributed by atoms with Crippen LogP contribution in [0.2, 0.25) is 0 Å². The van der Waals surface area contributed by atoms with Gasteiger partial charge in [-0.15, -0.1) is 0 Å². The van der Waals surface area contributed by atoms with E-state index in [2.05, 4.69) is 53.1 Å². The maximum atomic E-state index is 9.07. The number of carbonyl (C=O) groups excluding carboxylic acids is 1. The lowest BCUT2D eigenvalue weighted by Gasteiger charge is -2.47. The first-order valence-corrected chi connectivity index (χ1v) is 11.5. The molecule has 3 aliphatic rings. The molecular formula is C26H36N2O4. The van der Waals surface area contributed by atoms with Gasteiger partial charge in [0.25, 0.3) is 0 Å². The van der Waals surface area contributed by atoms with Gasteiger partial charge >= 0.3 is 0 Å². The molecule has 3 N–H and O–H groups in total. The Balaban J connectivity index is 0.000000686. The summed E-state index contributed by atoms with van der Waals surface area (Å²) < 4.78 is 12.7. The molecule has 6 heteroatoms. The Bertz CT molecular complexity index is 843. The number of likely N-dealkylation sites (tertiary alicyclic amines) is 1. The summed E-state index contributed by atoms with van der Waals surface area (Å²) in [5, 5.41) is 9.07. The third kappa shape index (κ3) is 5.38. The fourth-order valence-corrected chi connectivity index (χ4v) is 4.63. The van der Waals surface area contributed by atoms with Crippen molar-refractivity contribution < 1.29 is 19.4 Å². The number of hydrogen-bond acceptors (Lipinski definition) is 6. The van der Waals surface area contributed by atoms with Crippen LogP contribution in [-0.2, 0) is 22.6 Å². The number of carbonyl (C=O) groups is 1. The number of piperidine rings is 1. The number of rotatable bonds is 4. The van der Waals surface area contributed by atoms with E-state index in [0.29, 0.717) is 13.0 Å². The Labute approximate surface area is 191 Å². The van der Waals surface area contributed by atoms with Crippen LogP contribution in [0.4, 0.5) is 0 Å². The molecule has 1 saturated heterocycles. The summed E-state index contributed by atoms with van der Waals surface area (Å²) in [7, 11) is 1.50. The van der Waals surface area contributed by atoms with Gasteiger partial charge in [-0.2, -0.15) is 0 Å². The van der Waals surface area contributed by atoms with E-state index in [0.717, 1.165) is 48.8 Å². The third-order valence-electron chi connectivity index (χ3n) is 6.69. The summed E-state index contributed by atoms with van der Waals surface area (Å²) in [6.45, 7) is 4.97. The zero-order chi connectivity index (χ0) is 23.0. The molecule has 2 heterocycles. The van der Waals surface area contributed by atoms with Gasteiger partial charge in [-0.05, 0) is 55.1 Å². The number of nitrogens with zero attached hydrogens (tertiary/aromatic N) is 1. The molecule has 1 spiro atoms. The second kappa shape index (κ2) is 11.6. The van der Waals surface area contributed by atoms with E-state index in [1.165, 1.54) is 37.4 Å². The molecule has 32 heavy (non-hydrogen) atoms. The normalized spacial score (nSPS) is 19.3. The molecule has 0 radical (unpaired) electrons. The molecule has 0 atom stereocenters. The smallest absolute Gasteiger partial charge is 0.213 e. The fraction of sp³-hybridized carbons (Fsp3) is 0.500. The number of fused-ring (bicyclic) bond motifs is 1. The van der Waals surface area contributed by atoms with Crippen molar-refractivity contribution in [3.05, 3.63) is 53.6 Å². The minimum atomic E-state index is -0.430. The number of aliphatic hydroxyl groups is 1. The van der Waals surface area contributed by atoms with E-state index in [-0.39, 0.29) is 6.61 Å². The number of ether oxygens (including phenoxy) is 2. The van der Waals surface area contributed by atoms with Crippen LogP contribution in [0.15, 0.2) is 42.5 Å². The molecule has 174 valence electrons. The largest absolute Gasteiger partial charge is 0.462 e. The van der Waals surface area contributed by atoms with Gasteiger partial charge in [-0.1, -0.05) is 36.8 Å². The van der Waals surface area contributed by atoms with Crippen molar-refractivity contribution in [3.8, 4) is 16.9 Å². The van der Waals surface area contributed by atoms with Crippen LogP contribution in [0.5, 0.6) is 5.75 Å². The Kier molecular flexibility index (Phi) is 8.82. The summed E-state index contributed by atoms with van der Waals surface area (Å²) in [6, 6.07) is 15.7. The first kappa shape index (κ1) is 24.4. The number of hydrogen-bond donors (Lipinski definition) is 2. The van der Waals surface area contributed by atoms with Crippen LogP contribution in [0.25, 0.3) is 11.1 Å². The van der Waals surface area contributed by atoms with Crippen molar-refractivity contribution in [2.24, 2.45) is 5.73 Å². The highest BCUT2D eigenvalue weighted by molar-refractivity contribution is 5.66. The predicted octanol–water partition coefficient (Wildman–Crippen LogP) is 3.53. The minimum Gasteiger partial charge on any atom is -0.462 e. The van der Waals surface area contributed by atoms with Gasteiger partial charge in [0.15, 0.2) is 0 Å². The molecule has 2 aromatic rings. The zero-order valence-corrected chi connectivity index (χ0v) is 19.1. The van der Waals surface area contributed by atoms with Crippen molar-refractivity contribution in [3.63, 3.8) is 0 Å². The predicted molar refractivity (Wildman–Crippen MR) is 126 cm³/mol. The van der Waals surface area contributed by atoms with Crippen LogP contribution >= 0.6 is 0 Å². The third-order valence-corrected chi connectivity index (χ3v) is 6.69. The lowest BCUT2D eigenvalue weighted by atomic mass is 9.89. The van der Waals surface area contributed by atoms with Gasteiger partial charge < -0.3 is 25.1 Å². The van der Waals surface area contributed by atoms with E-state index >= 15 is 0 Å². The lowest BCUT2D eigenvalue weighted by Crippen LogP contribution is -2.54. The van der Waals surface area contributed by atoms with Crippen molar-refractivity contribution in [1.29, 1.82) is 0 Å². The second-order valence-corrected chi connectivity index (χ2v) is 8.42. The maximum Gasteiger partial charge on any atom is 0.213 e. The molecule has 5 rings (SSSR count). The van der Waals surface area contributed by atoms with Gasteiger partial charge in [0.2, 0.25) is 5.79 Å². The van der Waals surface area contributed by atoms with Crippen LogP contribution in [0, 0.1) is 0 Å². The molecule has 6 nitrogen and oxygen atoms in total. The van der Waals surface area contributed by atoms with Crippen LogP contribution in [0.3, 0.4) is 0 Å². The fourth-order valence-electron chi connectivity index (χ4n) is 4.63. The molecule has 0 bridgehead atoms. The standard InChI is InChI=1S/C24H29NO3.CH5N.CH2O/c26-15-10-18-4-6-19(7-5-18)20-8-9-23-21(16-20)17-27-24(28-23)11-13-25(14-12-24)22-2-1-3-22;2*1-2/h4-9,16,22,26H,1-3,10-15,17H2;2H2,1H3;1H2. The van der Waals surface area contributed by atoms with Crippen LogP contribution in [-0.4, -0.2) is 55.4 Å². The number of nitrogens with two attached hydrogens (primary N) is 1. The van der Waals surface area contributed by atoms with E-state index in [9.17, 15) is 0 Å². The molecule has 2 aromatic carbocycles. The second-order valence-electron chi connectivity index (χ2n) is 8.42. The molecule has 0 aromatic heterocycles. The first-order chi connectivity index (χ1) is 15.7. The maximum absolute atomic E-state index is 9.07. The van der Waals surface area contributed by atoms with E-state index < -0.39 is 5.79 Å². The Morgan fingerprint density at radius 2 is 1.72 bits per heavy atom. The number of benzene rings is 2. The molecule has 2 fully saturated rings. The highest BCUT2D eigenvalue weighted by Gasteiger charge is 2.42. The highest BCUT2D eigenvalue weighted by Crippen LogP contribution is 2.40. The summed E-state index contributed by atoms with van der Waals surface area (Å²) in [5.41, 5.74) is 9.14. The number of aliphatic hydroxyl groups excluding tert-OH is 1. The quantitative estimate of drug-likeness (QED) is 0.757. The van der Waals surface area contributed by atoms with Gasteiger partial charge in [-0.25, -0.2) is 0 Å². The topological polar surface area (TPSA) is 85.0 Å². The summed E-state index contributed by atoms with van der Waals surface area (Å²) in [5.74, 6) is 0.546. The van der Waals surface area contributed by atoms with Crippen molar-refractivity contribution in [2.75, 3.05) is 26.7 Å². The van der Waals surface area contributed by atoms with E-state index in [1.807, 2.05) is 6.79 Å². The zero-order valence-electron chi connectivity index (χ0n) is 19.1. The first-order valence-electron chi connectivity index (χ1n) is 11.5. The molecule has 1 saturated carbocycles. The Morgan fingerprint density at radius 1 is 1.06 bits per heavy atom. The van der Waals surface area contributed by atoms with Gasteiger partial charge in [0.1, 0.15) is 12.5 Å². The average molecular weight is 441 g/mol. The van der Waals surface area contributed by atoms with E-state index in [1.54, 1.807) is 0 Å². The van der Waals surface area contributed by atoms with Gasteiger partial charge in [0, 0.05) is 44.1 Å². The van der Waals surface area contributed by atoms with Crippen molar-refractivity contribution in [1.82, 2.24) is 4.90 Å². The monoisotopic (exact) mass is 440 g/mol. The molecular weight excluding hydrogens is 404 g/mol. The minimum absolute atomic E-state index is 0.188. The van der Waals surface area contributed by atoms with Crippen LogP contribution in [0.1, 0.15) is 43.2 Å².